The van der Waals surface area contributed by atoms with Gasteiger partial charge in [0.1, 0.15) is 4.21 Å². The second-order valence-corrected chi connectivity index (χ2v) is 10.8. The highest BCUT2D eigenvalue weighted by molar-refractivity contribution is 7.91. The molecule has 0 spiro atoms. The number of anilines is 1. The van der Waals surface area contributed by atoms with E-state index in [-0.39, 0.29) is 6.04 Å². The number of ether oxygens (including phenoxy) is 1. The van der Waals surface area contributed by atoms with Crippen molar-refractivity contribution in [2.75, 3.05) is 51.3 Å². The summed E-state index contributed by atoms with van der Waals surface area (Å²) in [5.41, 5.74) is 3.79. The van der Waals surface area contributed by atoms with E-state index in [0.717, 1.165) is 37.4 Å². The molecule has 0 radical (unpaired) electrons. The van der Waals surface area contributed by atoms with Gasteiger partial charge in [-0.2, -0.15) is 0 Å². The highest BCUT2D eigenvalue weighted by Gasteiger charge is 2.27. The molecule has 1 atom stereocenters. The normalized spacial score (nSPS) is 18.8. The smallest absolute Gasteiger partial charge is 0.250 e. The van der Waals surface area contributed by atoms with Gasteiger partial charge in [0.05, 0.1) is 13.2 Å². The van der Waals surface area contributed by atoms with E-state index >= 15 is 0 Å². The Kier molecular flexibility index (Phi) is 6.27. The minimum Gasteiger partial charge on any atom is -0.379 e. The molecular formula is C21H29N3O3S2. The second-order valence-electron chi connectivity index (χ2n) is 7.65. The van der Waals surface area contributed by atoms with Crippen molar-refractivity contribution in [3.63, 3.8) is 0 Å². The molecule has 0 aliphatic carbocycles. The van der Waals surface area contributed by atoms with Crippen LogP contribution in [0, 0.1) is 0 Å². The van der Waals surface area contributed by atoms with Gasteiger partial charge in [0.2, 0.25) is 10.0 Å². The molecule has 0 bridgehead atoms. The molecule has 158 valence electrons. The molecule has 4 rings (SSSR count). The average molecular weight is 436 g/mol. The van der Waals surface area contributed by atoms with Crippen molar-refractivity contribution in [1.29, 1.82) is 0 Å². The number of thiophene rings is 1. The molecule has 1 fully saturated rings. The minimum absolute atomic E-state index is 0.00418. The van der Waals surface area contributed by atoms with Crippen LogP contribution in [0.25, 0.3) is 0 Å². The SMILES string of the molecule is CCc1ccc(S(=O)(=O)NC[C@@H](c2ccc3c(c2)CCN3C)N2CCOCC2)s1. The fraction of sp³-hybridized carbons (Fsp3) is 0.524. The molecule has 29 heavy (non-hydrogen) atoms. The van der Waals surface area contributed by atoms with Crippen LogP contribution in [0.4, 0.5) is 5.69 Å². The third kappa shape index (κ3) is 4.51. The molecule has 0 saturated carbocycles. The highest BCUT2D eigenvalue weighted by atomic mass is 32.2. The number of hydrogen-bond donors (Lipinski definition) is 1. The number of morpholine rings is 1. The van der Waals surface area contributed by atoms with Gasteiger partial charge < -0.3 is 9.64 Å². The molecule has 1 N–H and O–H groups in total. The largest absolute Gasteiger partial charge is 0.379 e. The maximum absolute atomic E-state index is 12.9. The first-order valence-electron chi connectivity index (χ1n) is 10.2. The van der Waals surface area contributed by atoms with Crippen LogP contribution in [0.2, 0.25) is 0 Å². The van der Waals surface area contributed by atoms with E-state index in [2.05, 4.69) is 39.8 Å². The Morgan fingerprint density at radius 3 is 2.69 bits per heavy atom. The number of hydrogen-bond acceptors (Lipinski definition) is 6. The van der Waals surface area contributed by atoms with Gasteiger partial charge in [-0.3, -0.25) is 4.90 Å². The van der Waals surface area contributed by atoms with Gasteiger partial charge in [-0.15, -0.1) is 11.3 Å². The fourth-order valence-corrected chi connectivity index (χ4v) is 6.47. The van der Waals surface area contributed by atoms with E-state index in [4.69, 9.17) is 4.74 Å². The summed E-state index contributed by atoms with van der Waals surface area (Å²) < 4.78 is 34.5. The third-order valence-electron chi connectivity index (χ3n) is 5.82. The summed E-state index contributed by atoms with van der Waals surface area (Å²) in [6, 6.07) is 10.2. The van der Waals surface area contributed by atoms with E-state index in [1.165, 1.54) is 28.2 Å². The van der Waals surface area contributed by atoms with Crippen molar-refractivity contribution >= 4 is 27.0 Å². The van der Waals surface area contributed by atoms with Gasteiger partial charge in [0.15, 0.2) is 0 Å². The zero-order valence-electron chi connectivity index (χ0n) is 17.1. The first kappa shape index (κ1) is 20.8. The van der Waals surface area contributed by atoms with E-state index < -0.39 is 10.0 Å². The summed E-state index contributed by atoms with van der Waals surface area (Å²) in [4.78, 5) is 5.68. The Morgan fingerprint density at radius 2 is 1.97 bits per heavy atom. The molecule has 0 unspecified atom stereocenters. The van der Waals surface area contributed by atoms with Crippen LogP contribution in [0.5, 0.6) is 0 Å². The number of rotatable bonds is 7. The molecule has 3 heterocycles. The summed E-state index contributed by atoms with van der Waals surface area (Å²) in [5, 5.41) is 0. The van der Waals surface area contributed by atoms with Crippen molar-refractivity contribution in [3.8, 4) is 0 Å². The molecule has 6 nitrogen and oxygen atoms in total. The van der Waals surface area contributed by atoms with Crippen LogP contribution in [0.1, 0.15) is 29.0 Å². The lowest BCUT2D eigenvalue weighted by Crippen LogP contribution is -2.43. The van der Waals surface area contributed by atoms with Crippen molar-refractivity contribution < 1.29 is 13.2 Å². The quantitative estimate of drug-likeness (QED) is 0.725. The Balaban J connectivity index is 1.56. The van der Waals surface area contributed by atoms with Gasteiger partial charge in [0.25, 0.3) is 0 Å². The standard InChI is InChI=1S/C21H29N3O3S2/c1-3-18-5-7-21(28-18)29(25,26)22-15-20(24-10-12-27-13-11-24)16-4-6-19-17(14-16)8-9-23(19)2/h4-7,14,20,22H,3,8-13,15H2,1-2H3/t20-/m0/s1. The van der Waals surface area contributed by atoms with Crippen LogP contribution in [0.3, 0.4) is 0 Å². The lowest BCUT2D eigenvalue weighted by atomic mass is 10.0. The maximum Gasteiger partial charge on any atom is 0.250 e. The molecule has 0 amide bonds. The topological polar surface area (TPSA) is 61.9 Å². The van der Waals surface area contributed by atoms with Crippen molar-refractivity contribution in [1.82, 2.24) is 9.62 Å². The summed E-state index contributed by atoms with van der Waals surface area (Å²) in [5.74, 6) is 0. The predicted octanol–water partition coefficient (Wildman–Crippen LogP) is 2.65. The number of aryl methyl sites for hydroxylation is 1. The third-order valence-corrected chi connectivity index (χ3v) is 8.96. The van der Waals surface area contributed by atoms with E-state index in [1.807, 2.05) is 13.0 Å². The predicted molar refractivity (Wildman–Crippen MR) is 117 cm³/mol. The van der Waals surface area contributed by atoms with E-state index in [9.17, 15) is 8.42 Å². The van der Waals surface area contributed by atoms with Gasteiger partial charge >= 0.3 is 0 Å². The van der Waals surface area contributed by atoms with Crippen LogP contribution >= 0.6 is 11.3 Å². The van der Waals surface area contributed by atoms with Crippen LogP contribution in [0.15, 0.2) is 34.5 Å². The zero-order chi connectivity index (χ0) is 20.4. The lowest BCUT2D eigenvalue weighted by molar-refractivity contribution is 0.0172. The maximum atomic E-state index is 12.9. The van der Waals surface area contributed by atoms with E-state index in [0.29, 0.717) is 24.0 Å². The summed E-state index contributed by atoms with van der Waals surface area (Å²) in [7, 11) is -1.39. The molecule has 2 aromatic rings. The molecule has 1 saturated heterocycles. The average Bonchev–Trinajstić information content (AvgIpc) is 3.36. The zero-order valence-corrected chi connectivity index (χ0v) is 18.7. The Morgan fingerprint density at radius 1 is 1.17 bits per heavy atom. The van der Waals surface area contributed by atoms with Crippen molar-refractivity contribution in [2.24, 2.45) is 0 Å². The van der Waals surface area contributed by atoms with Gasteiger partial charge in [-0.1, -0.05) is 19.1 Å². The highest BCUT2D eigenvalue weighted by Crippen LogP contribution is 2.31. The Bertz CT molecular complexity index is 952. The lowest BCUT2D eigenvalue weighted by Gasteiger charge is -2.35. The molecule has 2 aliphatic rings. The Hall–Kier alpha value is -1.45. The second kappa shape index (κ2) is 8.73. The first-order valence-corrected chi connectivity index (χ1v) is 12.5. The molecule has 8 heteroatoms. The van der Waals surface area contributed by atoms with Crippen molar-refractivity contribution in [2.45, 2.75) is 30.0 Å². The number of nitrogens with zero attached hydrogens (tertiary/aromatic N) is 2. The molecule has 1 aromatic carbocycles. The van der Waals surface area contributed by atoms with Crippen molar-refractivity contribution in [3.05, 3.63) is 46.3 Å². The van der Waals surface area contributed by atoms with Crippen LogP contribution in [-0.2, 0) is 27.6 Å². The number of benzene rings is 1. The van der Waals surface area contributed by atoms with E-state index in [1.54, 1.807) is 6.07 Å². The molecule has 1 aromatic heterocycles. The van der Waals surface area contributed by atoms with Crippen LogP contribution < -0.4 is 9.62 Å². The number of fused-ring (bicyclic) bond motifs is 1. The summed E-state index contributed by atoms with van der Waals surface area (Å²) in [6.07, 6.45) is 1.89. The first-order chi connectivity index (χ1) is 14.0. The van der Waals surface area contributed by atoms with Gasteiger partial charge in [-0.25, -0.2) is 13.1 Å². The van der Waals surface area contributed by atoms with Gasteiger partial charge in [-0.05, 0) is 42.2 Å². The molecular weight excluding hydrogens is 406 g/mol. The fourth-order valence-electron chi connectivity index (χ4n) is 4.09. The van der Waals surface area contributed by atoms with Gasteiger partial charge in [0, 0.05) is 49.8 Å². The monoisotopic (exact) mass is 435 g/mol. The molecule has 2 aliphatic heterocycles. The summed E-state index contributed by atoms with van der Waals surface area (Å²) in [6.45, 7) is 6.41. The Labute approximate surface area is 177 Å². The number of sulfonamides is 1. The summed E-state index contributed by atoms with van der Waals surface area (Å²) >= 11 is 1.35. The number of likely N-dealkylation sites (N-methyl/N-ethyl adjacent to an activating group) is 1. The minimum atomic E-state index is -3.51. The number of nitrogens with one attached hydrogen (secondary N) is 1. The van der Waals surface area contributed by atoms with Crippen LogP contribution in [-0.4, -0.2) is 59.8 Å².